The molecule has 1 saturated heterocycles. The fourth-order valence-corrected chi connectivity index (χ4v) is 5.22. The Balaban J connectivity index is 1.32. The van der Waals surface area contributed by atoms with Crippen LogP contribution in [0.25, 0.3) is 0 Å². The molecule has 204 valence electrons. The quantitative estimate of drug-likeness (QED) is 0.324. The van der Waals surface area contributed by atoms with E-state index in [2.05, 4.69) is 28.1 Å². The van der Waals surface area contributed by atoms with E-state index in [1.54, 1.807) is 23.1 Å². The molecule has 1 unspecified atom stereocenters. The van der Waals surface area contributed by atoms with Gasteiger partial charge in [-0.25, -0.2) is 9.37 Å². The minimum atomic E-state index is -4.38. The monoisotopic (exact) mass is 549 g/mol. The lowest BCUT2D eigenvalue weighted by Gasteiger charge is -2.37. The summed E-state index contributed by atoms with van der Waals surface area (Å²) in [7, 11) is 0. The SMILES string of the molecule is CCC(C)N(CCC(=O)N1CCN(c2cccc(C(F)(F)F)c2)CC1)c1nc(Cc2ccc(F)cc2)ns1. The maximum atomic E-state index is 13.2. The molecule has 4 rings (SSSR count). The first-order valence-corrected chi connectivity index (χ1v) is 13.4. The molecule has 1 atom stereocenters. The molecule has 6 nitrogen and oxygen atoms in total. The third-order valence-electron chi connectivity index (χ3n) is 6.84. The summed E-state index contributed by atoms with van der Waals surface area (Å²) in [6.45, 7) is 6.52. The number of aromatic nitrogens is 2. The summed E-state index contributed by atoms with van der Waals surface area (Å²) in [6, 6.07) is 11.7. The van der Waals surface area contributed by atoms with Crippen molar-refractivity contribution in [1.82, 2.24) is 14.3 Å². The number of carbonyl (C=O) groups excluding carboxylic acids is 1. The molecule has 11 heteroatoms. The summed E-state index contributed by atoms with van der Waals surface area (Å²) in [6.07, 6.45) is -2.71. The highest BCUT2D eigenvalue weighted by Gasteiger charge is 2.31. The number of rotatable bonds is 9. The lowest BCUT2D eigenvalue weighted by atomic mass is 10.1. The molecule has 1 aliphatic rings. The van der Waals surface area contributed by atoms with Crippen molar-refractivity contribution in [3.63, 3.8) is 0 Å². The van der Waals surface area contributed by atoms with E-state index in [-0.39, 0.29) is 17.8 Å². The van der Waals surface area contributed by atoms with Gasteiger partial charge in [0.25, 0.3) is 0 Å². The van der Waals surface area contributed by atoms with Crippen molar-refractivity contribution >= 4 is 28.3 Å². The second kappa shape index (κ2) is 12.1. The number of amides is 1. The van der Waals surface area contributed by atoms with Crippen LogP contribution in [0.5, 0.6) is 0 Å². The Morgan fingerprint density at radius 2 is 1.82 bits per heavy atom. The Labute approximate surface area is 224 Å². The average molecular weight is 550 g/mol. The Morgan fingerprint density at radius 3 is 2.47 bits per heavy atom. The van der Waals surface area contributed by atoms with Crippen molar-refractivity contribution in [1.29, 1.82) is 0 Å². The Kier molecular flexibility index (Phi) is 8.86. The zero-order chi connectivity index (χ0) is 27.3. The van der Waals surface area contributed by atoms with Gasteiger partial charge in [-0.15, -0.1) is 0 Å². The molecule has 1 aromatic heterocycles. The third kappa shape index (κ3) is 7.00. The molecule has 0 radical (unpaired) electrons. The largest absolute Gasteiger partial charge is 0.416 e. The van der Waals surface area contributed by atoms with E-state index >= 15 is 0 Å². The summed E-state index contributed by atoms with van der Waals surface area (Å²) in [5.41, 5.74) is 0.768. The van der Waals surface area contributed by atoms with E-state index in [9.17, 15) is 22.4 Å². The molecule has 1 aliphatic heterocycles. The van der Waals surface area contributed by atoms with Crippen LogP contribution in [0.2, 0.25) is 0 Å². The molecule has 1 amide bonds. The first kappa shape index (κ1) is 27.8. The number of benzene rings is 2. The molecular weight excluding hydrogens is 518 g/mol. The number of carbonyl (C=O) groups is 1. The van der Waals surface area contributed by atoms with Crippen LogP contribution in [0.15, 0.2) is 48.5 Å². The molecular formula is C27H31F4N5OS. The summed E-state index contributed by atoms with van der Waals surface area (Å²) >= 11 is 1.29. The van der Waals surface area contributed by atoms with Gasteiger partial charge in [0.15, 0.2) is 0 Å². The number of anilines is 2. The number of nitrogens with zero attached hydrogens (tertiary/aromatic N) is 5. The second-order valence-electron chi connectivity index (χ2n) is 9.41. The molecule has 0 saturated carbocycles. The lowest BCUT2D eigenvalue weighted by Crippen LogP contribution is -2.49. The highest BCUT2D eigenvalue weighted by atomic mass is 32.1. The van der Waals surface area contributed by atoms with E-state index in [0.29, 0.717) is 57.1 Å². The fourth-order valence-electron chi connectivity index (χ4n) is 4.41. The number of halogens is 4. The number of hydrogen-bond acceptors (Lipinski definition) is 6. The molecule has 0 N–H and O–H groups in total. The van der Waals surface area contributed by atoms with E-state index in [1.807, 2.05) is 4.90 Å². The standard InChI is InChI=1S/C27H31F4N5OS/c1-3-19(2)36(26-32-24(33-38-26)17-20-7-9-22(28)10-8-20)12-11-25(37)35-15-13-34(14-16-35)23-6-4-5-21(18-23)27(29,30)31/h4-10,18-19H,3,11-17H2,1-2H3. The van der Waals surface area contributed by atoms with Crippen molar-refractivity contribution in [3.8, 4) is 0 Å². The Hall–Kier alpha value is -3.21. The van der Waals surface area contributed by atoms with Gasteiger partial charge >= 0.3 is 6.18 Å². The predicted octanol–water partition coefficient (Wildman–Crippen LogP) is 5.63. The van der Waals surface area contributed by atoms with Crippen molar-refractivity contribution in [2.75, 3.05) is 42.5 Å². The highest BCUT2D eigenvalue weighted by Crippen LogP contribution is 2.32. The van der Waals surface area contributed by atoms with Gasteiger partial charge in [0.1, 0.15) is 11.6 Å². The summed E-state index contributed by atoms with van der Waals surface area (Å²) in [4.78, 5) is 23.5. The zero-order valence-corrected chi connectivity index (χ0v) is 22.2. The molecule has 3 aromatic rings. The maximum absolute atomic E-state index is 13.2. The molecule has 0 aliphatic carbocycles. The first-order valence-electron chi connectivity index (χ1n) is 12.7. The van der Waals surface area contributed by atoms with Crippen molar-refractivity contribution in [2.24, 2.45) is 0 Å². The predicted molar refractivity (Wildman–Crippen MR) is 141 cm³/mol. The van der Waals surface area contributed by atoms with Crippen LogP contribution in [0.4, 0.5) is 28.4 Å². The topological polar surface area (TPSA) is 52.6 Å². The number of hydrogen-bond donors (Lipinski definition) is 0. The first-order chi connectivity index (χ1) is 18.1. The van der Waals surface area contributed by atoms with E-state index in [0.717, 1.165) is 29.2 Å². The van der Waals surface area contributed by atoms with E-state index in [1.165, 1.54) is 29.7 Å². The maximum Gasteiger partial charge on any atom is 0.416 e. The van der Waals surface area contributed by atoms with Crippen LogP contribution in [0.1, 0.15) is 43.6 Å². The van der Waals surface area contributed by atoms with Crippen molar-refractivity contribution in [2.45, 2.75) is 45.3 Å². The van der Waals surface area contributed by atoms with E-state index in [4.69, 9.17) is 0 Å². The van der Waals surface area contributed by atoms with Gasteiger partial charge in [0.2, 0.25) is 11.0 Å². The van der Waals surface area contributed by atoms with Gasteiger partial charge in [0.05, 0.1) is 5.56 Å². The van der Waals surface area contributed by atoms with E-state index < -0.39 is 11.7 Å². The fraction of sp³-hybridized carbons (Fsp3) is 0.444. The molecule has 1 fully saturated rings. The minimum Gasteiger partial charge on any atom is -0.368 e. The summed E-state index contributed by atoms with van der Waals surface area (Å²) < 4.78 is 56.9. The van der Waals surface area contributed by atoms with Gasteiger partial charge in [-0.05, 0) is 49.2 Å². The summed E-state index contributed by atoms with van der Waals surface area (Å²) in [5.74, 6) is 0.380. The molecule has 2 heterocycles. The van der Waals surface area contributed by atoms with Gasteiger partial charge in [0, 0.05) is 68.8 Å². The van der Waals surface area contributed by atoms with Crippen LogP contribution in [0, 0.1) is 5.82 Å². The zero-order valence-electron chi connectivity index (χ0n) is 21.4. The molecule has 0 bridgehead atoms. The van der Waals surface area contributed by atoms with Crippen LogP contribution in [-0.2, 0) is 17.4 Å². The number of piperazine rings is 1. The van der Waals surface area contributed by atoms with Gasteiger partial charge < -0.3 is 14.7 Å². The van der Waals surface area contributed by atoms with Crippen molar-refractivity contribution in [3.05, 3.63) is 71.3 Å². The Bertz CT molecular complexity index is 1210. The van der Waals surface area contributed by atoms with Crippen LogP contribution < -0.4 is 9.80 Å². The smallest absolute Gasteiger partial charge is 0.368 e. The normalized spacial score (nSPS) is 15.0. The van der Waals surface area contributed by atoms with Gasteiger partial charge in [-0.2, -0.15) is 17.5 Å². The van der Waals surface area contributed by atoms with Gasteiger partial charge in [-0.1, -0.05) is 25.1 Å². The lowest BCUT2D eigenvalue weighted by molar-refractivity contribution is -0.137. The van der Waals surface area contributed by atoms with Crippen molar-refractivity contribution < 1.29 is 22.4 Å². The van der Waals surface area contributed by atoms with Crippen LogP contribution >= 0.6 is 11.5 Å². The second-order valence-corrected chi connectivity index (χ2v) is 10.1. The van der Waals surface area contributed by atoms with Crippen LogP contribution in [0.3, 0.4) is 0 Å². The number of alkyl halides is 3. The highest BCUT2D eigenvalue weighted by molar-refractivity contribution is 7.09. The minimum absolute atomic E-state index is 0.0121. The molecule has 38 heavy (non-hydrogen) atoms. The molecule has 0 spiro atoms. The summed E-state index contributed by atoms with van der Waals surface area (Å²) in [5, 5.41) is 0.749. The van der Waals surface area contributed by atoms with Gasteiger partial charge in [-0.3, -0.25) is 4.79 Å². The third-order valence-corrected chi connectivity index (χ3v) is 7.63. The Morgan fingerprint density at radius 1 is 1.11 bits per heavy atom. The average Bonchev–Trinajstić information content (AvgIpc) is 3.37. The van der Waals surface area contributed by atoms with Crippen LogP contribution in [-0.4, -0.2) is 58.9 Å². The molecule has 2 aromatic carbocycles.